The molecular weight excluding hydrogens is 235 g/mol. The van der Waals surface area contributed by atoms with Crippen molar-refractivity contribution in [1.29, 1.82) is 0 Å². The lowest BCUT2D eigenvalue weighted by Gasteiger charge is -2.26. The van der Waals surface area contributed by atoms with Crippen LogP contribution in [0.15, 0.2) is 12.1 Å². The number of hydrogen-bond donors (Lipinski definition) is 0. The molecule has 1 aliphatic heterocycles. The van der Waals surface area contributed by atoms with Gasteiger partial charge in [-0.15, -0.1) is 0 Å². The van der Waals surface area contributed by atoms with Gasteiger partial charge in [0, 0.05) is 6.54 Å². The topological polar surface area (TPSA) is 29.5 Å². The second-order valence-corrected chi connectivity index (χ2v) is 3.68. The lowest BCUT2D eigenvalue weighted by atomic mass is 10.1. The molecule has 1 aromatic carbocycles. The molecule has 0 aromatic heterocycles. The number of benzene rings is 1. The van der Waals surface area contributed by atoms with Crippen molar-refractivity contribution in [2.24, 2.45) is 0 Å². The van der Waals surface area contributed by atoms with Crippen molar-refractivity contribution < 1.29 is 22.7 Å². The van der Waals surface area contributed by atoms with Crippen LogP contribution >= 0.6 is 0 Å². The van der Waals surface area contributed by atoms with Crippen LogP contribution in [0.4, 0.5) is 13.2 Å². The van der Waals surface area contributed by atoms with Gasteiger partial charge in [-0.2, -0.15) is 0 Å². The van der Waals surface area contributed by atoms with E-state index in [4.69, 9.17) is 4.74 Å². The van der Waals surface area contributed by atoms with Crippen LogP contribution in [0.5, 0.6) is 0 Å². The quantitative estimate of drug-likeness (QED) is 0.707. The van der Waals surface area contributed by atoms with Gasteiger partial charge >= 0.3 is 0 Å². The van der Waals surface area contributed by atoms with Crippen molar-refractivity contribution in [1.82, 2.24) is 4.90 Å². The molecule has 17 heavy (non-hydrogen) atoms. The van der Waals surface area contributed by atoms with Gasteiger partial charge in [-0.05, 0) is 18.6 Å². The van der Waals surface area contributed by atoms with Gasteiger partial charge in [0.2, 0.25) is 0 Å². The summed E-state index contributed by atoms with van der Waals surface area (Å²) < 4.78 is 44.1. The Labute approximate surface area is 95.8 Å². The molecule has 1 aliphatic rings. The summed E-state index contributed by atoms with van der Waals surface area (Å²) in [7, 11) is 0. The Bertz CT molecular complexity index is 445. The monoisotopic (exact) mass is 245 g/mol. The number of nitrogens with zero attached hydrogens (tertiary/aromatic N) is 1. The number of carbonyl (C=O) groups excluding carboxylic acids is 1. The van der Waals surface area contributed by atoms with Gasteiger partial charge in [-0.1, -0.05) is 0 Å². The number of amides is 1. The number of carbonyl (C=O) groups is 1. The molecule has 0 radical (unpaired) electrons. The van der Waals surface area contributed by atoms with Crippen LogP contribution in [0.1, 0.15) is 16.8 Å². The fourth-order valence-electron chi connectivity index (χ4n) is 1.62. The molecule has 0 unspecified atom stereocenters. The van der Waals surface area contributed by atoms with Crippen LogP contribution in [0, 0.1) is 17.5 Å². The first-order valence-corrected chi connectivity index (χ1v) is 5.12. The highest BCUT2D eigenvalue weighted by Gasteiger charge is 2.24. The van der Waals surface area contributed by atoms with Crippen LogP contribution < -0.4 is 0 Å². The van der Waals surface area contributed by atoms with Gasteiger partial charge in [0.05, 0.1) is 12.2 Å². The molecule has 0 N–H and O–H groups in total. The standard InChI is InChI=1S/C11H10F3NO2/c12-8-3-2-7(9(13)10(8)14)11(16)15-4-1-5-17-6-15/h2-3H,1,4-6H2. The molecule has 1 fully saturated rings. The number of hydrogen-bond acceptors (Lipinski definition) is 2. The first-order chi connectivity index (χ1) is 8.11. The molecule has 0 saturated carbocycles. The Morgan fingerprint density at radius 3 is 2.65 bits per heavy atom. The lowest BCUT2D eigenvalue weighted by Crippen LogP contribution is -2.38. The fourth-order valence-corrected chi connectivity index (χ4v) is 1.62. The zero-order chi connectivity index (χ0) is 12.4. The van der Waals surface area contributed by atoms with Gasteiger partial charge in [-0.3, -0.25) is 4.79 Å². The SMILES string of the molecule is O=C(c1ccc(F)c(F)c1F)N1CCCOC1. The van der Waals surface area contributed by atoms with Gasteiger partial charge in [-0.25, -0.2) is 13.2 Å². The van der Waals surface area contributed by atoms with Crippen molar-refractivity contribution in [3.8, 4) is 0 Å². The number of halogens is 3. The minimum atomic E-state index is -1.63. The van der Waals surface area contributed by atoms with E-state index in [9.17, 15) is 18.0 Å². The molecular formula is C11H10F3NO2. The Morgan fingerprint density at radius 2 is 2.00 bits per heavy atom. The molecule has 0 bridgehead atoms. The van der Waals surface area contributed by atoms with E-state index in [1.54, 1.807) is 0 Å². The van der Waals surface area contributed by atoms with Gasteiger partial charge < -0.3 is 9.64 Å². The van der Waals surface area contributed by atoms with Crippen LogP contribution in [0.2, 0.25) is 0 Å². The maximum absolute atomic E-state index is 13.4. The highest BCUT2D eigenvalue weighted by molar-refractivity contribution is 5.94. The van der Waals surface area contributed by atoms with E-state index in [0.29, 0.717) is 19.6 Å². The summed E-state index contributed by atoms with van der Waals surface area (Å²) in [6.45, 7) is 0.985. The molecule has 92 valence electrons. The molecule has 2 rings (SSSR count). The molecule has 1 saturated heterocycles. The molecule has 0 atom stereocenters. The van der Waals surface area contributed by atoms with E-state index in [1.807, 2.05) is 0 Å². The van der Waals surface area contributed by atoms with Crippen LogP contribution in [-0.2, 0) is 4.74 Å². The summed E-state index contributed by atoms with van der Waals surface area (Å²) in [6, 6.07) is 1.67. The predicted octanol–water partition coefficient (Wildman–Crippen LogP) is 1.92. The summed E-state index contributed by atoms with van der Waals surface area (Å²) in [5.74, 6) is -5.09. The Balaban J connectivity index is 2.27. The number of rotatable bonds is 1. The van der Waals surface area contributed by atoms with Crippen LogP contribution in [-0.4, -0.2) is 30.7 Å². The molecule has 1 heterocycles. The third-order valence-electron chi connectivity index (χ3n) is 2.52. The van der Waals surface area contributed by atoms with Gasteiger partial charge in [0.25, 0.3) is 5.91 Å². The third-order valence-corrected chi connectivity index (χ3v) is 2.52. The molecule has 0 spiro atoms. The first-order valence-electron chi connectivity index (χ1n) is 5.12. The average Bonchev–Trinajstić information content (AvgIpc) is 2.36. The fraction of sp³-hybridized carbons (Fsp3) is 0.364. The van der Waals surface area contributed by atoms with E-state index in [2.05, 4.69) is 0 Å². The minimum absolute atomic E-state index is 0.0390. The summed E-state index contributed by atoms with van der Waals surface area (Å²) in [5.41, 5.74) is -0.477. The van der Waals surface area contributed by atoms with Gasteiger partial charge in [0.1, 0.15) is 6.73 Å². The summed E-state index contributed by atoms with van der Waals surface area (Å²) in [4.78, 5) is 13.1. The molecule has 1 aromatic rings. The Kier molecular flexibility index (Phi) is 3.33. The lowest BCUT2D eigenvalue weighted by molar-refractivity contribution is -0.00600. The zero-order valence-corrected chi connectivity index (χ0v) is 8.88. The van der Waals surface area contributed by atoms with Crippen molar-refractivity contribution in [2.45, 2.75) is 6.42 Å². The largest absolute Gasteiger partial charge is 0.361 e. The van der Waals surface area contributed by atoms with E-state index in [0.717, 1.165) is 12.1 Å². The summed E-state index contributed by atoms with van der Waals surface area (Å²) in [5, 5.41) is 0. The normalized spacial score (nSPS) is 16.1. The summed E-state index contributed by atoms with van der Waals surface area (Å²) >= 11 is 0. The second-order valence-electron chi connectivity index (χ2n) is 3.68. The predicted molar refractivity (Wildman–Crippen MR) is 52.8 cm³/mol. The maximum atomic E-state index is 13.4. The number of ether oxygens (including phenoxy) is 1. The highest BCUT2D eigenvalue weighted by atomic mass is 19.2. The van der Waals surface area contributed by atoms with Crippen LogP contribution in [0.25, 0.3) is 0 Å². The molecule has 1 amide bonds. The van der Waals surface area contributed by atoms with Crippen molar-refractivity contribution in [3.05, 3.63) is 35.1 Å². The van der Waals surface area contributed by atoms with Crippen molar-refractivity contribution >= 4 is 5.91 Å². The first kappa shape index (κ1) is 11.9. The maximum Gasteiger partial charge on any atom is 0.258 e. The molecule has 6 heteroatoms. The third kappa shape index (κ3) is 2.26. The van der Waals surface area contributed by atoms with E-state index in [1.165, 1.54) is 4.90 Å². The van der Waals surface area contributed by atoms with E-state index >= 15 is 0 Å². The smallest absolute Gasteiger partial charge is 0.258 e. The minimum Gasteiger partial charge on any atom is -0.361 e. The van der Waals surface area contributed by atoms with E-state index < -0.39 is 28.9 Å². The Morgan fingerprint density at radius 1 is 1.24 bits per heavy atom. The Hall–Kier alpha value is -1.56. The van der Waals surface area contributed by atoms with Crippen LogP contribution in [0.3, 0.4) is 0 Å². The van der Waals surface area contributed by atoms with Gasteiger partial charge in [0.15, 0.2) is 17.5 Å². The average molecular weight is 245 g/mol. The molecule has 0 aliphatic carbocycles. The van der Waals surface area contributed by atoms with Crippen molar-refractivity contribution in [3.63, 3.8) is 0 Å². The van der Waals surface area contributed by atoms with E-state index in [-0.39, 0.29) is 6.73 Å². The highest BCUT2D eigenvalue weighted by Crippen LogP contribution is 2.17. The van der Waals surface area contributed by atoms with Crippen molar-refractivity contribution in [2.75, 3.05) is 19.9 Å². The molecule has 3 nitrogen and oxygen atoms in total. The zero-order valence-electron chi connectivity index (χ0n) is 8.88. The second kappa shape index (κ2) is 4.75. The summed E-state index contributed by atoms with van der Waals surface area (Å²) in [6.07, 6.45) is 0.636.